The van der Waals surface area contributed by atoms with Crippen LogP contribution in [0.3, 0.4) is 0 Å². The van der Waals surface area contributed by atoms with Gasteiger partial charge in [-0.25, -0.2) is 4.98 Å². The van der Waals surface area contributed by atoms with Crippen molar-refractivity contribution in [2.75, 3.05) is 50.7 Å². The third kappa shape index (κ3) is 10.4. The molecule has 4 amide bonds. The minimum atomic E-state index is -0.988. The second kappa shape index (κ2) is 19.1. The first kappa shape index (κ1) is 43.1. The normalized spacial score (nSPS) is 17.4. The number of hydrogen-bond acceptors (Lipinski definition) is 11. The monoisotopic (exact) mass is 820 g/mol. The van der Waals surface area contributed by atoms with Crippen molar-refractivity contribution in [2.24, 2.45) is 5.41 Å². The summed E-state index contributed by atoms with van der Waals surface area (Å²) in [5.41, 5.74) is 3.46. The van der Waals surface area contributed by atoms with E-state index in [1.165, 1.54) is 12.0 Å². The van der Waals surface area contributed by atoms with Gasteiger partial charge in [-0.3, -0.25) is 24.3 Å². The molecule has 5 N–H and O–H groups in total. The number of aromatic nitrogens is 3. The van der Waals surface area contributed by atoms with E-state index in [0.29, 0.717) is 65.6 Å². The first-order valence-electron chi connectivity index (χ1n) is 19.8. The molecule has 16 heteroatoms. The van der Waals surface area contributed by atoms with E-state index < -0.39 is 41.3 Å². The predicted molar refractivity (Wildman–Crippen MR) is 224 cm³/mol. The summed E-state index contributed by atoms with van der Waals surface area (Å²) in [7, 11) is 3.05. The predicted octanol–water partition coefficient (Wildman–Crippen LogP) is 3.52. The SMILES string of the molecule is C#Cc1ccc(CNC(=O)[C@@H]2C[C@@H](O)CN2C(=O)[C@@H](NC(=O)COC2CCN(c3ccc(NC(=O)c4cccc(-c5cc[nH]n5)n4)c(OC)c3)CC2)C(C)(C)C)c(OC)c1. The molecule has 60 heavy (non-hydrogen) atoms. The van der Waals surface area contributed by atoms with Gasteiger partial charge >= 0.3 is 0 Å². The van der Waals surface area contributed by atoms with Crippen LogP contribution in [-0.4, -0.2) is 114 Å². The number of aliphatic hydroxyl groups excluding tert-OH is 1. The Kier molecular flexibility index (Phi) is 13.7. The van der Waals surface area contributed by atoms with Crippen molar-refractivity contribution in [3.05, 3.63) is 83.7 Å². The Morgan fingerprint density at radius 3 is 2.45 bits per heavy atom. The van der Waals surface area contributed by atoms with Crippen molar-refractivity contribution < 1.29 is 38.5 Å². The summed E-state index contributed by atoms with van der Waals surface area (Å²) < 4.78 is 17.1. The Bertz CT molecular complexity index is 2210. The van der Waals surface area contributed by atoms with Crippen molar-refractivity contribution >= 4 is 35.0 Å². The Balaban J connectivity index is 0.997. The van der Waals surface area contributed by atoms with Crippen LogP contribution >= 0.6 is 0 Å². The largest absolute Gasteiger partial charge is 0.496 e. The first-order valence-corrected chi connectivity index (χ1v) is 19.8. The zero-order valence-corrected chi connectivity index (χ0v) is 34.5. The number of β-amino-alcohol motifs (C(OH)–C–C–N with tert-alkyl or cyclic N) is 1. The maximum Gasteiger partial charge on any atom is 0.274 e. The number of piperidine rings is 1. The van der Waals surface area contributed by atoms with Gasteiger partial charge in [0.05, 0.1) is 37.8 Å². The third-order valence-electron chi connectivity index (χ3n) is 10.6. The van der Waals surface area contributed by atoms with E-state index in [2.05, 4.69) is 42.0 Å². The zero-order valence-electron chi connectivity index (χ0n) is 34.5. The van der Waals surface area contributed by atoms with Gasteiger partial charge in [0.1, 0.15) is 41.6 Å². The molecule has 316 valence electrons. The van der Waals surface area contributed by atoms with E-state index in [0.717, 1.165) is 5.69 Å². The highest BCUT2D eigenvalue weighted by atomic mass is 16.5. The molecular weight excluding hydrogens is 769 g/mol. The zero-order chi connectivity index (χ0) is 43.0. The number of rotatable bonds is 14. The fraction of sp³-hybridized carbons (Fsp3) is 0.409. The number of methoxy groups -OCH3 is 2. The summed E-state index contributed by atoms with van der Waals surface area (Å²) in [6.45, 7) is 6.61. The Morgan fingerprint density at radius 1 is 1.00 bits per heavy atom. The van der Waals surface area contributed by atoms with E-state index in [9.17, 15) is 24.3 Å². The minimum absolute atomic E-state index is 0.0446. The molecule has 2 aliphatic heterocycles. The van der Waals surface area contributed by atoms with Gasteiger partial charge in [0.15, 0.2) is 0 Å². The lowest BCUT2D eigenvalue weighted by Gasteiger charge is -2.36. The highest BCUT2D eigenvalue weighted by molar-refractivity contribution is 6.04. The number of aromatic amines is 1. The van der Waals surface area contributed by atoms with E-state index in [1.54, 1.807) is 61.8 Å². The number of pyridine rings is 1. The van der Waals surface area contributed by atoms with Gasteiger partial charge in [-0.2, -0.15) is 5.10 Å². The molecule has 0 unspecified atom stereocenters. The lowest BCUT2D eigenvalue weighted by atomic mass is 9.85. The molecule has 0 spiro atoms. The van der Waals surface area contributed by atoms with E-state index in [-0.39, 0.29) is 43.8 Å². The first-order chi connectivity index (χ1) is 28.8. The van der Waals surface area contributed by atoms with Crippen LogP contribution in [0.4, 0.5) is 11.4 Å². The number of benzene rings is 2. The summed E-state index contributed by atoms with van der Waals surface area (Å²) in [6, 6.07) is 15.8. The smallest absolute Gasteiger partial charge is 0.274 e. The highest BCUT2D eigenvalue weighted by Gasteiger charge is 2.44. The van der Waals surface area contributed by atoms with Crippen LogP contribution in [-0.2, 0) is 25.7 Å². The van der Waals surface area contributed by atoms with Crippen LogP contribution in [0.25, 0.3) is 11.4 Å². The van der Waals surface area contributed by atoms with Gasteiger partial charge in [-0.05, 0) is 60.7 Å². The molecule has 6 rings (SSSR count). The van der Waals surface area contributed by atoms with E-state index in [1.807, 2.05) is 32.9 Å². The number of amides is 4. The number of terminal acetylenes is 1. The summed E-state index contributed by atoms with van der Waals surface area (Å²) in [4.78, 5) is 61.9. The quantitative estimate of drug-likeness (QED) is 0.117. The van der Waals surface area contributed by atoms with Crippen molar-refractivity contribution in [1.29, 1.82) is 0 Å². The van der Waals surface area contributed by atoms with Crippen LogP contribution in [0.15, 0.2) is 66.9 Å². The number of H-pyrrole nitrogens is 1. The lowest BCUT2D eigenvalue weighted by molar-refractivity contribution is -0.145. The number of hydrogen-bond donors (Lipinski definition) is 5. The van der Waals surface area contributed by atoms with Gasteiger partial charge in [0.25, 0.3) is 5.91 Å². The van der Waals surface area contributed by atoms with Crippen molar-refractivity contribution in [3.63, 3.8) is 0 Å². The van der Waals surface area contributed by atoms with Gasteiger partial charge < -0.3 is 45.1 Å². The van der Waals surface area contributed by atoms with Crippen molar-refractivity contribution in [2.45, 2.75) is 70.9 Å². The summed E-state index contributed by atoms with van der Waals surface area (Å²) in [5, 5.41) is 26.1. The molecule has 2 fully saturated rings. The van der Waals surface area contributed by atoms with Crippen LogP contribution in [0.2, 0.25) is 0 Å². The molecule has 4 heterocycles. The van der Waals surface area contributed by atoms with Crippen LogP contribution in [0.5, 0.6) is 11.5 Å². The fourth-order valence-corrected chi connectivity index (χ4v) is 7.35. The molecule has 3 atom stereocenters. The molecule has 0 saturated carbocycles. The second-order valence-electron chi connectivity index (χ2n) is 15.9. The Labute approximate surface area is 349 Å². The number of ether oxygens (including phenoxy) is 3. The topological polar surface area (TPSA) is 200 Å². The second-order valence-corrected chi connectivity index (χ2v) is 15.9. The summed E-state index contributed by atoms with van der Waals surface area (Å²) in [5.74, 6) is 1.82. The summed E-state index contributed by atoms with van der Waals surface area (Å²) >= 11 is 0. The van der Waals surface area contributed by atoms with Gasteiger partial charge in [0, 0.05) is 61.7 Å². The van der Waals surface area contributed by atoms with Gasteiger partial charge in [-0.15, -0.1) is 6.42 Å². The van der Waals surface area contributed by atoms with Gasteiger partial charge in [-0.1, -0.05) is 38.8 Å². The number of likely N-dealkylation sites (tertiary alicyclic amines) is 1. The summed E-state index contributed by atoms with van der Waals surface area (Å²) in [6.07, 6.45) is 7.45. The van der Waals surface area contributed by atoms with Crippen LogP contribution in [0, 0.1) is 17.8 Å². The molecule has 0 bridgehead atoms. The lowest BCUT2D eigenvalue weighted by Crippen LogP contribution is -2.58. The Morgan fingerprint density at radius 2 is 1.77 bits per heavy atom. The van der Waals surface area contributed by atoms with E-state index in [4.69, 9.17) is 20.6 Å². The third-order valence-corrected chi connectivity index (χ3v) is 10.6. The highest BCUT2D eigenvalue weighted by Crippen LogP contribution is 2.32. The number of carbonyl (C=O) groups excluding carboxylic acids is 4. The maximum absolute atomic E-state index is 14.0. The van der Waals surface area contributed by atoms with E-state index >= 15 is 0 Å². The molecule has 16 nitrogen and oxygen atoms in total. The van der Waals surface area contributed by atoms with Crippen LogP contribution in [0.1, 0.15) is 61.6 Å². The number of aliphatic hydroxyl groups is 1. The molecule has 2 saturated heterocycles. The molecule has 2 aromatic carbocycles. The number of nitrogens with zero attached hydrogens (tertiary/aromatic N) is 4. The van der Waals surface area contributed by atoms with Crippen molar-refractivity contribution in [3.8, 4) is 35.2 Å². The molecule has 4 aromatic rings. The average molecular weight is 821 g/mol. The molecule has 2 aliphatic rings. The molecule has 2 aromatic heterocycles. The maximum atomic E-state index is 14.0. The Hall–Kier alpha value is -6.44. The average Bonchev–Trinajstić information content (AvgIpc) is 3.94. The van der Waals surface area contributed by atoms with Crippen molar-refractivity contribution in [1.82, 2.24) is 30.7 Å². The molecular formula is C44H52N8O8. The van der Waals surface area contributed by atoms with Gasteiger partial charge in [0.2, 0.25) is 17.7 Å². The number of carbonyl (C=O) groups is 4. The minimum Gasteiger partial charge on any atom is -0.496 e. The molecule has 0 radical (unpaired) electrons. The standard InChI is InChI=1S/C44H52N8O8/c1-7-27-11-12-28(37(21-27)58-5)24-45-42(56)36-23-30(53)25-52(36)43(57)40(44(2,3)4)49-39(54)26-60-31-16-19-51(20-17-31)29-13-14-34(38(22-29)59-6)48-41(55)35-10-8-9-32(47-35)33-15-18-46-50-33/h1,8-15,18,21-22,30-31,36,40,53H,16-17,19-20,23-26H2,2-6H3,(H,45,56)(H,46,50)(H,48,55)(H,49,54)/t30-,36+,40-/m1/s1. The fourth-order valence-electron chi connectivity index (χ4n) is 7.35. The number of nitrogens with one attached hydrogen (secondary N) is 4. The molecule has 0 aliphatic carbocycles. The van der Waals surface area contributed by atoms with Crippen LogP contribution < -0.4 is 30.3 Å². The number of anilines is 2.